The third-order valence-corrected chi connectivity index (χ3v) is 3.71. The van der Waals surface area contributed by atoms with Crippen molar-refractivity contribution in [1.82, 2.24) is 0 Å². The molecule has 0 spiro atoms. The summed E-state index contributed by atoms with van der Waals surface area (Å²) in [6.07, 6.45) is 0. The molecule has 2 aromatic carbocycles. The van der Waals surface area contributed by atoms with Crippen LogP contribution in [0, 0.1) is 0 Å². The van der Waals surface area contributed by atoms with E-state index in [1.165, 1.54) is 26.4 Å². The Morgan fingerprint density at radius 1 is 0.958 bits per heavy atom. The highest BCUT2D eigenvalue weighted by molar-refractivity contribution is 5.89. The number of benzene rings is 2. The van der Waals surface area contributed by atoms with Gasteiger partial charge in [-0.25, -0.2) is 0 Å². The highest BCUT2D eigenvalue weighted by atomic mass is 16.5. The molecule has 6 nitrogen and oxygen atoms in total. The van der Waals surface area contributed by atoms with Crippen molar-refractivity contribution in [3.05, 3.63) is 46.6 Å². The molecule has 0 bridgehead atoms. The molecule has 0 saturated carbocycles. The Labute approximate surface area is 137 Å². The number of phenolic OH excluding ortho intramolecular Hbond substituents is 1. The summed E-state index contributed by atoms with van der Waals surface area (Å²) in [6.45, 7) is 0. The van der Waals surface area contributed by atoms with Gasteiger partial charge in [-0.3, -0.25) is 4.79 Å². The van der Waals surface area contributed by atoms with Crippen LogP contribution < -0.4 is 19.6 Å². The highest BCUT2D eigenvalue weighted by Gasteiger charge is 2.19. The van der Waals surface area contributed by atoms with Crippen LogP contribution in [0.25, 0.3) is 22.3 Å². The zero-order valence-electron chi connectivity index (χ0n) is 13.5. The van der Waals surface area contributed by atoms with E-state index in [0.29, 0.717) is 17.1 Å². The van der Waals surface area contributed by atoms with E-state index in [1.54, 1.807) is 31.4 Å². The lowest BCUT2D eigenvalue weighted by Crippen LogP contribution is -2.02. The number of methoxy groups -OCH3 is 3. The lowest BCUT2D eigenvalue weighted by atomic mass is 10.1. The third-order valence-electron chi connectivity index (χ3n) is 3.71. The molecule has 3 aromatic rings. The molecule has 0 aliphatic heterocycles. The minimum atomic E-state index is -0.375. The number of hydrogen-bond donors (Lipinski definition) is 1. The normalized spacial score (nSPS) is 10.6. The van der Waals surface area contributed by atoms with E-state index in [2.05, 4.69) is 0 Å². The Morgan fingerprint density at radius 3 is 2.25 bits per heavy atom. The van der Waals surface area contributed by atoms with Crippen LogP contribution >= 0.6 is 0 Å². The fraction of sp³-hybridized carbons (Fsp3) is 0.167. The highest BCUT2D eigenvalue weighted by Crippen LogP contribution is 2.42. The second-order valence-electron chi connectivity index (χ2n) is 5.04. The van der Waals surface area contributed by atoms with E-state index in [-0.39, 0.29) is 33.6 Å². The fourth-order valence-electron chi connectivity index (χ4n) is 2.51. The summed E-state index contributed by atoms with van der Waals surface area (Å²) in [4.78, 5) is 12.4. The van der Waals surface area contributed by atoms with Gasteiger partial charge in [0.2, 0.25) is 5.75 Å². The molecule has 0 fully saturated rings. The van der Waals surface area contributed by atoms with Gasteiger partial charge in [-0.15, -0.1) is 0 Å². The second-order valence-corrected chi connectivity index (χ2v) is 5.04. The molecule has 0 aliphatic carbocycles. The standard InChI is InChI=1S/C18H16O6/c1-21-11-6-4-10(5-7-11)13-8-12(19)16-14(24-13)9-15(22-2)18(23-3)17(16)20/h4-9,20H,1-3H3. The van der Waals surface area contributed by atoms with Crippen molar-refractivity contribution in [2.75, 3.05) is 21.3 Å². The number of aromatic hydroxyl groups is 1. The average Bonchev–Trinajstić information content (AvgIpc) is 2.60. The first kappa shape index (κ1) is 15.7. The molecule has 0 amide bonds. The van der Waals surface area contributed by atoms with Crippen molar-refractivity contribution >= 4 is 11.0 Å². The summed E-state index contributed by atoms with van der Waals surface area (Å²) >= 11 is 0. The van der Waals surface area contributed by atoms with Gasteiger partial charge in [0.15, 0.2) is 16.9 Å². The van der Waals surface area contributed by atoms with Gasteiger partial charge in [0, 0.05) is 17.7 Å². The van der Waals surface area contributed by atoms with Crippen LogP contribution in [0.2, 0.25) is 0 Å². The van der Waals surface area contributed by atoms with E-state index >= 15 is 0 Å². The quantitative estimate of drug-likeness (QED) is 0.792. The maximum absolute atomic E-state index is 12.4. The summed E-state index contributed by atoms with van der Waals surface area (Å²) in [7, 11) is 4.40. The van der Waals surface area contributed by atoms with Gasteiger partial charge in [-0.2, -0.15) is 0 Å². The van der Waals surface area contributed by atoms with Crippen molar-refractivity contribution in [3.63, 3.8) is 0 Å². The zero-order chi connectivity index (χ0) is 17.3. The van der Waals surface area contributed by atoms with E-state index in [0.717, 1.165) is 0 Å². The molecule has 1 N–H and O–H groups in total. The number of rotatable bonds is 4. The predicted molar refractivity (Wildman–Crippen MR) is 89.2 cm³/mol. The van der Waals surface area contributed by atoms with Crippen LogP contribution in [0.4, 0.5) is 0 Å². The van der Waals surface area contributed by atoms with Gasteiger partial charge >= 0.3 is 0 Å². The molecular formula is C18H16O6. The van der Waals surface area contributed by atoms with Gasteiger partial charge in [0.05, 0.1) is 21.3 Å². The molecule has 1 aromatic heterocycles. The summed E-state index contributed by atoms with van der Waals surface area (Å²) in [5, 5.41) is 10.3. The van der Waals surface area contributed by atoms with E-state index < -0.39 is 0 Å². The average molecular weight is 328 g/mol. The minimum absolute atomic E-state index is 0.0462. The zero-order valence-corrected chi connectivity index (χ0v) is 13.5. The van der Waals surface area contributed by atoms with Gasteiger partial charge in [0.1, 0.15) is 22.5 Å². The van der Waals surface area contributed by atoms with Gasteiger partial charge < -0.3 is 23.7 Å². The van der Waals surface area contributed by atoms with Crippen molar-refractivity contribution < 1.29 is 23.7 Å². The molecule has 6 heteroatoms. The Kier molecular flexibility index (Phi) is 4.04. The third kappa shape index (κ3) is 2.52. The fourth-order valence-corrected chi connectivity index (χ4v) is 2.51. The number of fused-ring (bicyclic) bond motifs is 1. The van der Waals surface area contributed by atoms with Crippen LogP contribution in [0.1, 0.15) is 0 Å². The number of ether oxygens (including phenoxy) is 3. The Hall–Kier alpha value is -3.15. The molecule has 0 aliphatic rings. The Bertz CT molecular complexity index is 940. The van der Waals surface area contributed by atoms with E-state index in [9.17, 15) is 9.90 Å². The van der Waals surface area contributed by atoms with Gasteiger partial charge in [0.25, 0.3) is 0 Å². The largest absolute Gasteiger partial charge is 0.504 e. The van der Waals surface area contributed by atoms with Crippen LogP contribution in [-0.2, 0) is 0 Å². The molecule has 124 valence electrons. The van der Waals surface area contributed by atoms with Crippen molar-refractivity contribution in [2.24, 2.45) is 0 Å². The van der Waals surface area contributed by atoms with Gasteiger partial charge in [-0.05, 0) is 24.3 Å². The first-order chi connectivity index (χ1) is 11.6. The second kappa shape index (κ2) is 6.16. The number of phenols is 1. The van der Waals surface area contributed by atoms with Crippen LogP contribution in [0.5, 0.6) is 23.0 Å². The lowest BCUT2D eigenvalue weighted by molar-refractivity contribution is 0.334. The predicted octanol–water partition coefficient (Wildman–Crippen LogP) is 3.19. The maximum Gasteiger partial charge on any atom is 0.204 e. The maximum atomic E-state index is 12.4. The number of hydrogen-bond acceptors (Lipinski definition) is 6. The summed E-state index contributed by atoms with van der Waals surface area (Å²) in [6, 6.07) is 9.95. The molecule has 0 saturated heterocycles. The van der Waals surface area contributed by atoms with Crippen molar-refractivity contribution in [2.45, 2.75) is 0 Å². The van der Waals surface area contributed by atoms with Crippen molar-refractivity contribution in [1.29, 1.82) is 0 Å². The van der Waals surface area contributed by atoms with E-state index in [4.69, 9.17) is 18.6 Å². The first-order valence-corrected chi connectivity index (χ1v) is 7.15. The topological polar surface area (TPSA) is 78.1 Å². The summed E-state index contributed by atoms with van der Waals surface area (Å²) in [5.41, 5.74) is 0.549. The van der Waals surface area contributed by atoms with Crippen LogP contribution in [0.3, 0.4) is 0 Å². The Morgan fingerprint density at radius 2 is 1.67 bits per heavy atom. The molecular weight excluding hydrogens is 312 g/mol. The van der Waals surface area contributed by atoms with Gasteiger partial charge in [-0.1, -0.05) is 0 Å². The smallest absolute Gasteiger partial charge is 0.204 e. The first-order valence-electron chi connectivity index (χ1n) is 7.15. The molecule has 1 heterocycles. The van der Waals surface area contributed by atoms with E-state index in [1.807, 2.05) is 0 Å². The lowest BCUT2D eigenvalue weighted by Gasteiger charge is -2.12. The van der Waals surface area contributed by atoms with Crippen molar-refractivity contribution in [3.8, 4) is 34.3 Å². The molecule has 0 radical (unpaired) electrons. The molecule has 24 heavy (non-hydrogen) atoms. The Balaban J connectivity index is 2.24. The summed E-state index contributed by atoms with van der Waals surface area (Å²) in [5.74, 6) is 1.14. The molecule has 3 rings (SSSR count). The SMILES string of the molecule is COc1ccc(-c2cc(=O)c3c(O)c(OC)c(OC)cc3o2)cc1. The molecule has 0 atom stereocenters. The molecule has 0 unspecified atom stereocenters. The summed E-state index contributed by atoms with van der Waals surface area (Å²) < 4.78 is 21.2. The van der Waals surface area contributed by atoms with Crippen LogP contribution in [0.15, 0.2) is 45.6 Å². The van der Waals surface area contributed by atoms with Crippen LogP contribution in [-0.4, -0.2) is 26.4 Å². The minimum Gasteiger partial charge on any atom is -0.504 e. The monoisotopic (exact) mass is 328 g/mol.